The number of amides is 2. The SMILES string of the molecule is NC(=O)C1Cc2ccccc2C1C(N)=O. The Balaban J connectivity index is 2.46. The molecule has 78 valence electrons. The number of hydrogen-bond donors (Lipinski definition) is 2. The molecule has 0 saturated carbocycles. The number of carbonyl (C=O) groups is 2. The van der Waals surface area contributed by atoms with Crippen LogP contribution in [-0.4, -0.2) is 11.8 Å². The van der Waals surface area contributed by atoms with Gasteiger partial charge >= 0.3 is 0 Å². The van der Waals surface area contributed by atoms with Gasteiger partial charge in [-0.25, -0.2) is 0 Å². The van der Waals surface area contributed by atoms with Crippen LogP contribution in [0.2, 0.25) is 0 Å². The third kappa shape index (κ3) is 1.48. The molecule has 15 heavy (non-hydrogen) atoms. The Morgan fingerprint density at radius 2 is 1.80 bits per heavy atom. The molecular formula is C11H12N2O2. The summed E-state index contributed by atoms with van der Waals surface area (Å²) in [6.07, 6.45) is 0.513. The van der Waals surface area contributed by atoms with Crippen molar-refractivity contribution in [2.75, 3.05) is 0 Å². The van der Waals surface area contributed by atoms with Gasteiger partial charge in [-0.15, -0.1) is 0 Å². The number of benzene rings is 1. The summed E-state index contributed by atoms with van der Waals surface area (Å²) >= 11 is 0. The highest BCUT2D eigenvalue weighted by Gasteiger charge is 2.39. The van der Waals surface area contributed by atoms with Crippen molar-refractivity contribution >= 4 is 11.8 Å². The topological polar surface area (TPSA) is 86.2 Å². The molecule has 0 radical (unpaired) electrons. The zero-order chi connectivity index (χ0) is 11.0. The highest BCUT2D eigenvalue weighted by Crippen LogP contribution is 2.37. The molecule has 4 heteroatoms. The second-order valence-corrected chi connectivity index (χ2v) is 3.79. The van der Waals surface area contributed by atoms with Gasteiger partial charge in [-0.2, -0.15) is 0 Å². The molecule has 0 aliphatic heterocycles. The van der Waals surface area contributed by atoms with Crippen LogP contribution in [0.15, 0.2) is 24.3 Å². The van der Waals surface area contributed by atoms with E-state index in [1.54, 1.807) is 0 Å². The number of rotatable bonds is 2. The van der Waals surface area contributed by atoms with Crippen molar-refractivity contribution < 1.29 is 9.59 Å². The maximum Gasteiger partial charge on any atom is 0.225 e. The maximum atomic E-state index is 11.3. The summed E-state index contributed by atoms with van der Waals surface area (Å²) in [6.45, 7) is 0. The third-order valence-electron chi connectivity index (χ3n) is 2.90. The lowest BCUT2D eigenvalue weighted by atomic mass is 9.91. The van der Waals surface area contributed by atoms with Crippen molar-refractivity contribution in [1.29, 1.82) is 0 Å². The van der Waals surface area contributed by atoms with Gasteiger partial charge in [0.05, 0.1) is 11.8 Å². The molecule has 4 nitrogen and oxygen atoms in total. The van der Waals surface area contributed by atoms with Gasteiger partial charge in [0.1, 0.15) is 0 Å². The lowest BCUT2D eigenvalue weighted by molar-refractivity contribution is -0.128. The Morgan fingerprint density at radius 3 is 2.40 bits per heavy atom. The molecule has 1 aliphatic carbocycles. The van der Waals surface area contributed by atoms with Crippen LogP contribution >= 0.6 is 0 Å². The highest BCUT2D eigenvalue weighted by atomic mass is 16.2. The zero-order valence-corrected chi connectivity index (χ0v) is 8.14. The van der Waals surface area contributed by atoms with E-state index in [4.69, 9.17) is 11.5 Å². The molecule has 0 aromatic heterocycles. The first-order valence-corrected chi connectivity index (χ1v) is 4.77. The van der Waals surface area contributed by atoms with E-state index >= 15 is 0 Å². The van der Waals surface area contributed by atoms with Crippen LogP contribution in [-0.2, 0) is 16.0 Å². The smallest absolute Gasteiger partial charge is 0.225 e. The molecule has 0 spiro atoms. The Morgan fingerprint density at radius 1 is 1.13 bits per heavy atom. The number of hydrogen-bond acceptors (Lipinski definition) is 2. The monoisotopic (exact) mass is 204 g/mol. The summed E-state index contributed by atoms with van der Waals surface area (Å²) in [5, 5.41) is 0. The number of nitrogens with two attached hydrogens (primary N) is 2. The first-order chi connectivity index (χ1) is 7.11. The summed E-state index contributed by atoms with van der Waals surface area (Å²) in [6, 6.07) is 7.43. The molecule has 2 rings (SSSR count). The van der Waals surface area contributed by atoms with Crippen LogP contribution in [0.3, 0.4) is 0 Å². The number of carbonyl (C=O) groups excluding carboxylic acids is 2. The number of fused-ring (bicyclic) bond motifs is 1. The van der Waals surface area contributed by atoms with Crippen LogP contribution in [0, 0.1) is 5.92 Å². The fourth-order valence-electron chi connectivity index (χ4n) is 2.21. The van der Waals surface area contributed by atoms with E-state index in [1.807, 2.05) is 24.3 Å². The van der Waals surface area contributed by atoms with Crippen LogP contribution < -0.4 is 11.5 Å². The predicted molar refractivity (Wildman–Crippen MR) is 54.8 cm³/mol. The molecule has 0 heterocycles. The van der Waals surface area contributed by atoms with Gasteiger partial charge in [-0.05, 0) is 17.5 Å². The molecule has 0 saturated heterocycles. The molecule has 0 fully saturated rings. The van der Waals surface area contributed by atoms with E-state index in [0.29, 0.717) is 6.42 Å². The summed E-state index contributed by atoms with van der Waals surface area (Å²) in [5.41, 5.74) is 12.4. The van der Waals surface area contributed by atoms with E-state index in [1.165, 1.54) is 0 Å². The highest BCUT2D eigenvalue weighted by molar-refractivity contribution is 5.91. The van der Waals surface area contributed by atoms with Gasteiger partial charge in [-0.1, -0.05) is 24.3 Å². The van der Waals surface area contributed by atoms with Gasteiger partial charge in [0.2, 0.25) is 11.8 Å². The largest absolute Gasteiger partial charge is 0.369 e. The van der Waals surface area contributed by atoms with Gasteiger partial charge < -0.3 is 11.5 Å². The molecule has 1 aromatic rings. The summed E-state index contributed by atoms with van der Waals surface area (Å²) in [5.74, 6) is -1.99. The third-order valence-corrected chi connectivity index (χ3v) is 2.90. The Labute approximate surface area is 87.3 Å². The van der Waals surface area contributed by atoms with Gasteiger partial charge in [-0.3, -0.25) is 9.59 Å². The Hall–Kier alpha value is -1.84. The standard InChI is InChI=1S/C11H12N2O2/c12-10(14)8-5-6-3-1-2-4-7(6)9(8)11(13)15/h1-4,8-9H,5H2,(H2,12,14)(H2,13,15). The van der Waals surface area contributed by atoms with E-state index in [0.717, 1.165) is 11.1 Å². The van der Waals surface area contributed by atoms with Crippen molar-refractivity contribution in [3.63, 3.8) is 0 Å². The minimum absolute atomic E-state index is 0.463. The van der Waals surface area contributed by atoms with Crippen LogP contribution in [0.4, 0.5) is 0 Å². The first-order valence-electron chi connectivity index (χ1n) is 4.77. The molecule has 2 amide bonds. The van der Waals surface area contributed by atoms with Crippen LogP contribution in [0.1, 0.15) is 17.0 Å². The normalized spacial score (nSPS) is 23.5. The van der Waals surface area contributed by atoms with Crippen molar-refractivity contribution in [2.24, 2.45) is 17.4 Å². The van der Waals surface area contributed by atoms with E-state index in [-0.39, 0.29) is 0 Å². The Bertz CT molecular complexity index is 428. The predicted octanol–water partition coefficient (Wildman–Crippen LogP) is -0.0869. The summed E-state index contributed by atoms with van der Waals surface area (Å²) in [4.78, 5) is 22.5. The fourth-order valence-corrected chi connectivity index (χ4v) is 2.21. The van der Waals surface area contributed by atoms with Crippen molar-refractivity contribution in [2.45, 2.75) is 12.3 Å². The van der Waals surface area contributed by atoms with E-state index in [9.17, 15) is 9.59 Å². The second kappa shape index (κ2) is 3.38. The Kier molecular flexibility index (Phi) is 2.19. The molecule has 1 aromatic carbocycles. The molecule has 0 bridgehead atoms. The van der Waals surface area contributed by atoms with Gasteiger partial charge in [0.25, 0.3) is 0 Å². The first kappa shape index (κ1) is 9.71. The summed E-state index contributed by atoms with van der Waals surface area (Å²) in [7, 11) is 0. The van der Waals surface area contributed by atoms with Crippen molar-refractivity contribution in [3.8, 4) is 0 Å². The van der Waals surface area contributed by atoms with Crippen LogP contribution in [0.5, 0.6) is 0 Å². The van der Waals surface area contributed by atoms with E-state index < -0.39 is 23.7 Å². The quantitative estimate of drug-likeness (QED) is 0.705. The molecule has 1 aliphatic rings. The molecule has 4 N–H and O–H groups in total. The molecule has 2 atom stereocenters. The minimum atomic E-state index is -0.557. The van der Waals surface area contributed by atoms with Crippen LogP contribution in [0.25, 0.3) is 0 Å². The van der Waals surface area contributed by atoms with Gasteiger partial charge in [0, 0.05) is 0 Å². The maximum absolute atomic E-state index is 11.3. The average molecular weight is 204 g/mol. The van der Waals surface area contributed by atoms with Crippen molar-refractivity contribution in [3.05, 3.63) is 35.4 Å². The van der Waals surface area contributed by atoms with Crippen molar-refractivity contribution in [1.82, 2.24) is 0 Å². The fraction of sp³-hybridized carbons (Fsp3) is 0.273. The minimum Gasteiger partial charge on any atom is -0.369 e. The van der Waals surface area contributed by atoms with Gasteiger partial charge in [0.15, 0.2) is 0 Å². The molecular weight excluding hydrogens is 192 g/mol. The number of primary amides is 2. The van der Waals surface area contributed by atoms with E-state index in [2.05, 4.69) is 0 Å². The zero-order valence-electron chi connectivity index (χ0n) is 8.14. The summed E-state index contributed by atoms with van der Waals surface area (Å²) < 4.78 is 0. The average Bonchev–Trinajstić information content (AvgIpc) is 2.56. The second-order valence-electron chi connectivity index (χ2n) is 3.79. The lowest BCUT2D eigenvalue weighted by Crippen LogP contribution is -2.33. The lowest BCUT2D eigenvalue weighted by Gasteiger charge is -2.13. The molecule has 2 unspecified atom stereocenters.